The highest BCUT2D eigenvalue weighted by Gasteiger charge is 1.88. The van der Waals surface area contributed by atoms with Gasteiger partial charge in [0.1, 0.15) is 5.82 Å². The molecule has 0 radical (unpaired) electrons. The summed E-state index contributed by atoms with van der Waals surface area (Å²) >= 11 is 0. The van der Waals surface area contributed by atoms with E-state index in [1.807, 2.05) is 26.8 Å². The number of aliphatic hydroxyl groups excluding tert-OH is 1. The van der Waals surface area contributed by atoms with E-state index in [4.69, 9.17) is 5.11 Å². The molecule has 0 amide bonds. The number of hydrogen-bond acceptors (Lipinski definition) is 3. The number of aryl methyl sites for hydroxylation is 2. The maximum atomic E-state index is 7.00. The molecule has 1 N–H and O–H groups in total. The zero-order valence-electron chi connectivity index (χ0n) is 9.20. The van der Waals surface area contributed by atoms with Gasteiger partial charge in [0.15, 0.2) is 0 Å². The normalized spacial score (nSPS) is 7.54. The minimum atomic E-state index is 0.856. The summed E-state index contributed by atoms with van der Waals surface area (Å²) in [6.07, 6.45) is 2.78. The van der Waals surface area contributed by atoms with Gasteiger partial charge in [-0.1, -0.05) is 20.8 Å². The molecule has 1 rings (SSSR count). The SMILES string of the molecule is CC.CCc1ccnc(C)n1.CO. The molecule has 13 heavy (non-hydrogen) atoms. The maximum Gasteiger partial charge on any atom is 0.125 e. The van der Waals surface area contributed by atoms with E-state index in [9.17, 15) is 0 Å². The van der Waals surface area contributed by atoms with Gasteiger partial charge in [-0.3, -0.25) is 0 Å². The summed E-state index contributed by atoms with van der Waals surface area (Å²) in [6, 6.07) is 1.94. The summed E-state index contributed by atoms with van der Waals surface area (Å²) in [5.74, 6) is 0.856. The predicted molar refractivity (Wildman–Crippen MR) is 55.6 cm³/mol. The van der Waals surface area contributed by atoms with Gasteiger partial charge in [-0.05, 0) is 19.4 Å². The summed E-state index contributed by atoms with van der Waals surface area (Å²) in [4.78, 5) is 8.16. The molecule has 0 spiro atoms. The third kappa shape index (κ3) is 7.40. The van der Waals surface area contributed by atoms with Crippen molar-refractivity contribution in [1.82, 2.24) is 9.97 Å². The Kier molecular flexibility index (Phi) is 12.4. The summed E-state index contributed by atoms with van der Waals surface area (Å²) < 4.78 is 0. The van der Waals surface area contributed by atoms with Crippen molar-refractivity contribution in [2.24, 2.45) is 0 Å². The highest BCUT2D eigenvalue weighted by Crippen LogP contribution is 1.93. The van der Waals surface area contributed by atoms with Gasteiger partial charge in [-0.25, -0.2) is 9.97 Å². The lowest BCUT2D eigenvalue weighted by Gasteiger charge is -1.93. The smallest absolute Gasteiger partial charge is 0.125 e. The van der Waals surface area contributed by atoms with Gasteiger partial charge in [-0.15, -0.1) is 0 Å². The molecule has 0 bridgehead atoms. The van der Waals surface area contributed by atoms with E-state index in [1.54, 1.807) is 6.20 Å². The van der Waals surface area contributed by atoms with Crippen molar-refractivity contribution in [3.8, 4) is 0 Å². The zero-order valence-corrected chi connectivity index (χ0v) is 9.20. The van der Waals surface area contributed by atoms with Crippen LogP contribution < -0.4 is 0 Å². The number of aromatic nitrogens is 2. The molecule has 0 aliphatic rings. The molecule has 0 saturated carbocycles. The highest BCUT2D eigenvalue weighted by atomic mass is 16.2. The lowest BCUT2D eigenvalue weighted by atomic mass is 10.3. The van der Waals surface area contributed by atoms with Gasteiger partial charge in [0.05, 0.1) is 0 Å². The Bertz CT molecular complexity index is 202. The Morgan fingerprint density at radius 2 is 1.85 bits per heavy atom. The standard InChI is InChI=1S/C7H10N2.C2H6.CH4O/c1-3-7-4-5-8-6(2)9-7;2*1-2/h4-5H,3H2,1-2H3;1-2H3;2H,1H3. The second kappa shape index (κ2) is 11.0. The summed E-state index contributed by atoms with van der Waals surface area (Å²) in [5.41, 5.74) is 1.11. The highest BCUT2D eigenvalue weighted by molar-refractivity contribution is 5.00. The van der Waals surface area contributed by atoms with E-state index in [2.05, 4.69) is 16.9 Å². The van der Waals surface area contributed by atoms with Crippen molar-refractivity contribution in [1.29, 1.82) is 0 Å². The van der Waals surface area contributed by atoms with Crippen molar-refractivity contribution >= 4 is 0 Å². The van der Waals surface area contributed by atoms with Crippen LogP contribution in [0.3, 0.4) is 0 Å². The van der Waals surface area contributed by atoms with Crippen molar-refractivity contribution in [3.63, 3.8) is 0 Å². The molecular weight excluding hydrogens is 164 g/mol. The van der Waals surface area contributed by atoms with Crippen LogP contribution in [0.4, 0.5) is 0 Å². The first kappa shape index (κ1) is 14.6. The Hall–Kier alpha value is -0.960. The zero-order chi connectivity index (χ0) is 10.7. The molecule has 1 aromatic heterocycles. The van der Waals surface area contributed by atoms with Gasteiger partial charge < -0.3 is 5.11 Å². The molecular formula is C10H20N2O. The molecule has 0 aromatic carbocycles. The van der Waals surface area contributed by atoms with Gasteiger partial charge >= 0.3 is 0 Å². The predicted octanol–water partition coefficient (Wildman–Crippen LogP) is 1.98. The van der Waals surface area contributed by atoms with Crippen LogP contribution in [0.25, 0.3) is 0 Å². The molecule has 3 heteroatoms. The molecule has 0 saturated heterocycles. The molecule has 0 fully saturated rings. The second-order valence-electron chi connectivity index (χ2n) is 1.95. The van der Waals surface area contributed by atoms with Gasteiger partial charge in [-0.2, -0.15) is 0 Å². The third-order valence-corrected chi connectivity index (χ3v) is 1.20. The molecule has 76 valence electrons. The fourth-order valence-corrected chi connectivity index (χ4v) is 0.702. The topological polar surface area (TPSA) is 46.0 Å². The van der Waals surface area contributed by atoms with E-state index in [-0.39, 0.29) is 0 Å². The van der Waals surface area contributed by atoms with Gasteiger partial charge in [0.25, 0.3) is 0 Å². The molecule has 0 aliphatic carbocycles. The Morgan fingerprint density at radius 1 is 1.31 bits per heavy atom. The average molecular weight is 184 g/mol. The molecule has 1 heterocycles. The summed E-state index contributed by atoms with van der Waals surface area (Å²) in [6.45, 7) is 7.99. The summed E-state index contributed by atoms with van der Waals surface area (Å²) in [7, 11) is 1.00. The van der Waals surface area contributed by atoms with Crippen LogP contribution in [0.1, 0.15) is 32.3 Å². The first-order valence-electron chi connectivity index (χ1n) is 4.56. The van der Waals surface area contributed by atoms with Crippen molar-refractivity contribution in [2.75, 3.05) is 7.11 Å². The van der Waals surface area contributed by atoms with E-state index in [1.165, 1.54) is 0 Å². The van der Waals surface area contributed by atoms with Crippen LogP contribution >= 0.6 is 0 Å². The van der Waals surface area contributed by atoms with Crippen molar-refractivity contribution in [3.05, 3.63) is 23.8 Å². The minimum absolute atomic E-state index is 0.856. The fraction of sp³-hybridized carbons (Fsp3) is 0.600. The average Bonchev–Trinajstić information content (AvgIpc) is 2.24. The Balaban J connectivity index is 0. The fourth-order valence-electron chi connectivity index (χ4n) is 0.702. The van der Waals surface area contributed by atoms with E-state index in [0.29, 0.717) is 0 Å². The molecule has 1 aromatic rings. The maximum absolute atomic E-state index is 7.00. The molecule has 0 atom stereocenters. The van der Waals surface area contributed by atoms with E-state index in [0.717, 1.165) is 25.0 Å². The number of hydrogen-bond donors (Lipinski definition) is 1. The minimum Gasteiger partial charge on any atom is -0.400 e. The molecule has 0 aliphatic heterocycles. The first-order chi connectivity index (χ1) is 6.33. The lowest BCUT2D eigenvalue weighted by molar-refractivity contribution is 0.399. The van der Waals surface area contributed by atoms with Crippen molar-refractivity contribution in [2.45, 2.75) is 34.1 Å². The molecule has 3 nitrogen and oxygen atoms in total. The molecule has 0 unspecified atom stereocenters. The second-order valence-corrected chi connectivity index (χ2v) is 1.95. The van der Waals surface area contributed by atoms with Crippen LogP contribution in [-0.2, 0) is 6.42 Å². The van der Waals surface area contributed by atoms with Crippen LogP contribution in [0.2, 0.25) is 0 Å². The largest absolute Gasteiger partial charge is 0.400 e. The van der Waals surface area contributed by atoms with Gasteiger partial charge in [0, 0.05) is 19.0 Å². The lowest BCUT2D eigenvalue weighted by Crippen LogP contribution is -1.91. The first-order valence-corrected chi connectivity index (χ1v) is 4.56. The number of rotatable bonds is 1. The Labute approximate surface area is 80.9 Å². The van der Waals surface area contributed by atoms with Crippen molar-refractivity contribution < 1.29 is 5.11 Å². The summed E-state index contributed by atoms with van der Waals surface area (Å²) in [5, 5.41) is 7.00. The Morgan fingerprint density at radius 3 is 2.15 bits per heavy atom. The monoisotopic (exact) mass is 184 g/mol. The number of aliphatic hydroxyl groups is 1. The van der Waals surface area contributed by atoms with E-state index < -0.39 is 0 Å². The van der Waals surface area contributed by atoms with Gasteiger partial charge in [0.2, 0.25) is 0 Å². The van der Waals surface area contributed by atoms with E-state index >= 15 is 0 Å². The van der Waals surface area contributed by atoms with Crippen LogP contribution in [-0.4, -0.2) is 22.2 Å². The van der Waals surface area contributed by atoms with Crippen LogP contribution in [0.5, 0.6) is 0 Å². The van der Waals surface area contributed by atoms with Crippen LogP contribution in [0, 0.1) is 6.92 Å². The van der Waals surface area contributed by atoms with Crippen LogP contribution in [0.15, 0.2) is 12.3 Å². The number of nitrogens with zero attached hydrogens (tertiary/aromatic N) is 2. The quantitative estimate of drug-likeness (QED) is 0.726. The third-order valence-electron chi connectivity index (χ3n) is 1.20.